The van der Waals surface area contributed by atoms with Gasteiger partial charge in [-0.2, -0.15) is 0 Å². The molecule has 7 heteroatoms. The van der Waals surface area contributed by atoms with Gasteiger partial charge < -0.3 is 19.3 Å². The molecule has 1 amide bonds. The number of likely N-dealkylation sites (tertiary alicyclic amines) is 1. The molecule has 0 aromatic carbocycles. The molecule has 0 bridgehead atoms. The van der Waals surface area contributed by atoms with Crippen LogP contribution in [0.25, 0.3) is 6.08 Å². The minimum absolute atomic E-state index is 0.0771. The summed E-state index contributed by atoms with van der Waals surface area (Å²) in [6.45, 7) is 7.82. The van der Waals surface area contributed by atoms with E-state index in [0.717, 1.165) is 31.6 Å². The van der Waals surface area contributed by atoms with Crippen molar-refractivity contribution in [2.75, 3.05) is 37.7 Å². The van der Waals surface area contributed by atoms with Gasteiger partial charge in [-0.1, -0.05) is 6.08 Å². The molecule has 3 aliphatic heterocycles. The summed E-state index contributed by atoms with van der Waals surface area (Å²) in [5.41, 5.74) is 2.13. The number of anilines is 1. The molecule has 1 aromatic heterocycles. The van der Waals surface area contributed by atoms with E-state index in [4.69, 9.17) is 14.5 Å². The molecular formula is C26H35N3O4. The summed E-state index contributed by atoms with van der Waals surface area (Å²) in [4.78, 5) is 33.8. The fourth-order valence-corrected chi connectivity index (χ4v) is 6.61. The first kappa shape index (κ1) is 22.2. The van der Waals surface area contributed by atoms with Crippen LogP contribution in [-0.4, -0.2) is 60.8 Å². The van der Waals surface area contributed by atoms with Crippen LogP contribution in [0, 0.1) is 29.6 Å². The zero-order valence-electron chi connectivity index (χ0n) is 19.7. The molecule has 1 aliphatic carbocycles. The third kappa shape index (κ3) is 4.34. The van der Waals surface area contributed by atoms with E-state index in [1.807, 2.05) is 24.9 Å². The first-order chi connectivity index (χ1) is 16.0. The molecule has 0 N–H and O–H groups in total. The average molecular weight is 454 g/mol. The number of ether oxygens (including phenoxy) is 2. The number of pyridine rings is 1. The number of cyclic esters (lactones) is 1. The molecule has 4 aliphatic rings. The maximum absolute atomic E-state index is 12.6. The quantitative estimate of drug-likeness (QED) is 0.642. The van der Waals surface area contributed by atoms with Crippen molar-refractivity contribution in [1.29, 1.82) is 0 Å². The number of rotatable bonds is 4. The zero-order valence-corrected chi connectivity index (χ0v) is 19.7. The summed E-state index contributed by atoms with van der Waals surface area (Å²) in [5.74, 6) is 0.957. The van der Waals surface area contributed by atoms with E-state index in [0.29, 0.717) is 25.6 Å². The Bertz CT molecular complexity index is 895. The first-order valence-corrected chi connectivity index (χ1v) is 12.6. The standard InChI is InChI=1S/C26H35N3O4/c1-3-32-26(31)29-13-10-21-18(16-29)14-23-24(17(2)33-25(23)30)22(21)9-7-19-6-8-20(15-27-19)28-11-4-5-12-28/h6-9,15,17-18,21-24H,3-5,10-14,16H2,1-2H3/b9-7+/t17-,18-,21-,22+,23-,24+/m1/s1. The Morgan fingerprint density at radius 2 is 2.09 bits per heavy atom. The number of esters is 1. The fraction of sp³-hybridized carbons (Fsp3) is 0.654. The van der Waals surface area contributed by atoms with E-state index in [1.165, 1.54) is 18.5 Å². The number of amides is 1. The van der Waals surface area contributed by atoms with Gasteiger partial charge in [0.25, 0.3) is 0 Å². The lowest BCUT2D eigenvalue weighted by molar-refractivity contribution is -0.144. The fourth-order valence-electron chi connectivity index (χ4n) is 6.61. The number of carbonyl (C=O) groups excluding carboxylic acids is 2. The van der Waals surface area contributed by atoms with Crippen LogP contribution in [0.3, 0.4) is 0 Å². The van der Waals surface area contributed by atoms with Gasteiger partial charge in [-0.15, -0.1) is 0 Å². The van der Waals surface area contributed by atoms with E-state index in [-0.39, 0.29) is 41.8 Å². The van der Waals surface area contributed by atoms with Crippen molar-refractivity contribution in [2.24, 2.45) is 29.6 Å². The maximum Gasteiger partial charge on any atom is 0.409 e. The van der Waals surface area contributed by atoms with Crippen molar-refractivity contribution in [3.8, 4) is 0 Å². The maximum atomic E-state index is 12.6. The first-order valence-electron chi connectivity index (χ1n) is 12.6. The highest BCUT2D eigenvalue weighted by molar-refractivity contribution is 5.76. The van der Waals surface area contributed by atoms with Crippen molar-refractivity contribution < 1.29 is 19.1 Å². The summed E-state index contributed by atoms with van der Waals surface area (Å²) >= 11 is 0. The van der Waals surface area contributed by atoms with Gasteiger partial charge in [-0.05, 0) is 75.5 Å². The number of nitrogens with zero attached hydrogens (tertiary/aromatic N) is 3. The van der Waals surface area contributed by atoms with Crippen LogP contribution in [0.5, 0.6) is 0 Å². The molecule has 1 saturated carbocycles. The monoisotopic (exact) mass is 453 g/mol. The Labute approximate surface area is 196 Å². The Kier molecular flexibility index (Phi) is 6.30. The second-order valence-corrected chi connectivity index (χ2v) is 9.99. The Morgan fingerprint density at radius 3 is 2.82 bits per heavy atom. The minimum atomic E-state index is -0.241. The van der Waals surface area contributed by atoms with Crippen molar-refractivity contribution in [2.45, 2.75) is 45.6 Å². The number of fused-ring (bicyclic) bond motifs is 2. The Balaban J connectivity index is 1.35. The van der Waals surface area contributed by atoms with Crippen LogP contribution >= 0.6 is 0 Å². The van der Waals surface area contributed by atoms with E-state index in [2.05, 4.69) is 29.2 Å². The Morgan fingerprint density at radius 1 is 1.27 bits per heavy atom. The molecule has 4 fully saturated rings. The topological polar surface area (TPSA) is 72.0 Å². The minimum Gasteiger partial charge on any atom is -0.462 e. The van der Waals surface area contributed by atoms with Crippen molar-refractivity contribution >= 4 is 23.8 Å². The highest BCUT2D eigenvalue weighted by Crippen LogP contribution is 2.51. The molecule has 7 nitrogen and oxygen atoms in total. The van der Waals surface area contributed by atoms with E-state index in [9.17, 15) is 9.59 Å². The molecule has 33 heavy (non-hydrogen) atoms. The van der Waals surface area contributed by atoms with E-state index >= 15 is 0 Å². The van der Waals surface area contributed by atoms with Gasteiger partial charge in [0, 0.05) is 32.1 Å². The summed E-state index contributed by atoms with van der Waals surface area (Å²) < 4.78 is 10.9. The smallest absolute Gasteiger partial charge is 0.409 e. The van der Waals surface area contributed by atoms with E-state index < -0.39 is 0 Å². The molecular weight excluding hydrogens is 418 g/mol. The predicted octanol–water partition coefficient (Wildman–Crippen LogP) is 3.99. The van der Waals surface area contributed by atoms with Gasteiger partial charge in [0.2, 0.25) is 0 Å². The number of piperidine rings is 1. The van der Waals surface area contributed by atoms with Crippen LogP contribution in [0.2, 0.25) is 0 Å². The number of allylic oxidation sites excluding steroid dienone is 1. The van der Waals surface area contributed by atoms with Crippen molar-refractivity contribution in [3.05, 3.63) is 30.1 Å². The second kappa shape index (κ2) is 9.35. The molecule has 0 spiro atoms. The SMILES string of the molecule is CCOC(=O)N1CC[C@@H]2[C@H](C[C@H]3C(=O)O[C@H](C)[C@H]3[C@H]2/C=C/c2ccc(N3CCCC3)cn2)C1. The van der Waals surface area contributed by atoms with Crippen LogP contribution in [-0.2, 0) is 14.3 Å². The molecule has 3 saturated heterocycles. The third-order valence-electron chi connectivity index (χ3n) is 8.16. The highest BCUT2D eigenvalue weighted by atomic mass is 16.6. The average Bonchev–Trinajstić information content (AvgIpc) is 3.45. The highest BCUT2D eigenvalue weighted by Gasteiger charge is 2.54. The van der Waals surface area contributed by atoms with Crippen LogP contribution < -0.4 is 4.90 Å². The van der Waals surface area contributed by atoms with Gasteiger partial charge in [-0.3, -0.25) is 9.78 Å². The van der Waals surface area contributed by atoms with Crippen LogP contribution in [0.4, 0.5) is 10.5 Å². The van der Waals surface area contributed by atoms with Crippen LogP contribution in [0.15, 0.2) is 24.4 Å². The lowest BCUT2D eigenvalue weighted by Gasteiger charge is -2.48. The molecule has 178 valence electrons. The predicted molar refractivity (Wildman–Crippen MR) is 126 cm³/mol. The molecule has 1 aromatic rings. The van der Waals surface area contributed by atoms with Crippen molar-refractivity contribution in [3.63, 3.8) is 0 Å². The van der Waals surface area contributed by atoms with Gasteiger partial charge in [0.05, 0.1) is 30.1 Å². The summed E-state index contributed by atoms with van der Waals surface area (Å²) in [7, 11) is 0. The Hall–Kier alpha value is -2.57. The van der Waals surface area contributed by atoms with Crippen LogP contribution in [0.1, 0.15) is 45.2 Å². The number of carbonyl (C=O) groups is 2. The lowest BCUT2D eigenvalue weighted by atomic mass is 9.59. The molecule has 0 unspecified atom stereocenters. The number of hydrogen-bond donors (Lipinski definition) is 0. The van der Waals surface area contributed by atoms with Crippen molar-refractivity contribution in [1.82, 2.24) is 9.88 Å². The number of aromatic nitrogens is 1. The molecule has 5 rings (SSSR count). The second-order valence-electron chi connectivity index (χ2n) is 9.99. The summed E-state index contributed by atoms with van der Waals surface area (Å²) in [6.07, 6.45) is 10.3. The van der Waals surface area contributed by atoms with Gasteiger partial charge >= 0.3 is 12.1 Å². The van der Waals surface area contributed by atoms with Gasteiger partial charge in [-0.25, -0.2) is 4.79 Å². The molecule has 6 atom stereocenters. The normalized spacial score (nSPS) is 33.7. The lowest BCUT2D eigenvalue weighted by Crippen LogP contribution is -2.51. The molecule has 4 heterocycles. The van der Waals surface area contributed by atoms with Gasteiger partial charge in [0.1, 0.15) is 6.10 Å². The molecule has 0 radical (unpaired) electrons. The third-order valence-corrected chi connectivity index (χ3v) is 8.16. The largest absolute Gasteiger partial charge is 0.462 e. The zero-order chi connectivity index (χ0) is 22.9. The number of hydrogen-bond acceptors (Lipinski definition) is 6. The van der Waals surface area contributed by atoms with E-state index in [1.54, 1.807) is 0 Å². The summed E-state index contributed by atoms with van der Waals surface area (Å²) in [5, 5.41) is 0. The summed E-state index contributed by atoms with van der Waals surface area (Å²) in [6, 6.07) is 4.25. The van der Waals surface area contributed by atoms with Gasteiger partial charge in [0.15, 0.2) is 0 Å².